The van der Waals surface area contributed by atoms with E-state index in [9.17, 15) is 22.8 Å². The van der Waals surface area contributed by atoms with Crippen LogP contribution in [-0.4, -0.2) is 27.4 Å². The van der Waals surface area contributed by atoms with Crippen molar-refractivity contribution in [3.63, 3.8) is 0 Å². The largest absolute Gasteiger partial charge is 0.496 e. The Labute approximate surface area is 204 Å². The molecule has 4 rings (SSSR count). The molecule has 0 aliphatic rings. The van der Waals surface area contributed by atoms with Crippen molar-refractivity contribution >= 4 is 11.6 Å². The third-order valence-corrected chi connectivity index (χ3v) is 5.54. The monoisotopic (exact) mass is 494 g/mol. The topological polar surface area (TPSA) is 100 Å². The number of aromatic nitrogens is 3. The van der Waals surface area contributed by atoms with Crippen LogP contribution in [0.25, 0.3) is 22.5 Å². The van der Waals surface area contributed by atoms with Crippen molar-refractivity contribution in [3.05, 3.63) is 94.3 Å². The SMILES string of the molecule is COc1ccccc1CCC(=O)c1nc(-c2ccc(=O)n(C(F)F)c2)c(-c2ccc(F)cc2)nc1N. The van der Waals surface area contributed by atoms with E-state index in [4.69, 9.17) is 10.5 Å². The number of ketones is 1. The summed E-state index contributed by atoms with van der Waals surface area (Å²) < 4.78 is 45.8. The molecule has 36 heavy (non-hydrogen) atoms. The number of Topliss-reactive ketones (excluding diaryl/α,β-unsaturated/α-hetero) is 1. The van der Waals surface area contributed by atoms with Crippen LogP contribution in [0, 0.1) is 5.82 Å². The Morgan fingerprint density at radius 2 is 1.67 bits per heavy atom. The molecule has 0 bridgehead atoms. The third-order valence-electron chi connectivity index (χ3n) is 5.54. The number of pyridine rings is 1. The van der Waals surface area contributed by atoms with Gasteiger partial charge in [-0.15, -0.1) is 0 Å². The maximum absolute atomic E-state index is 13.5. The molecular weight excluding hydrogens is 473 g/mol. The number of hydrogen-bond donors (Lipinski definition) is 1. The minimum Gasteiger partial charge on any atom is -0.496 e. The highest BCUT2D eigenvalue weighted by Crippen LogP contribution is 2.31. The summed E-state index contributed by atoms with van der Waals surface area (Å²) >= 11 is 0. The lowest BCUT2D eigenvalue weighted by atomic mass is 10.0. The first-order chi connectivity index (χ1) is 17.3. The number of ether oxygens (including phenoxy) is 1. The van der Waals surface area contributed by atoms with Crippen LogP contribution in [0.5, 0.6) is 5.75 Å². The minimum atomic E-state index is -3.09. The van der Waals surface area contributed by atoms with Crippen molar-refractivity contribution in [1.82, 2.24) is 14.5 Å². The predicted octanol–water partition coefficient (Wildman–Crippen LogP) is 4.91. The van der Waals surface area contributed by atoms with Crippen LogP contribution in [0.3, 0.4) is 0 Å². The van der Waals surface area contributed by atoms with Gasteiger partial charge in [-0.1, -0.05) is 18.2 Å². The number of methoxy groups -OCH3 is 1. The van der Waals surface area contributed by atoms with Crippen molar-refractivity contribution in [1.29, 1.82) is 0 Å². The summed E-state index contributed by atoms with van der Waals surface area (Å²) in [5.74, 6) is -0.438. The van der Waals surface area contributed by atoms with E-state index in [-0.39, 0.29) is 39.5 Å². The molecule has 0 atom stereocenters. The van der Waals surface area contributed by atoms with E-state index in [1.54, 1.807) is 6.07 Å². The predicted molar refractivity (Wildman–Crippen MR) is 128 cm³/mol. The van der Waals surface area contributed by atoms with Crippen LogP contribution in [0.1, 0.15) is 29.0 Å². The number of anilines is 1. The second-order valence-corrected chi connectivity index (χ2v) is 7.84. The molecule has 0 saturated heterocycles. The Bertz CT molecular complexity index is 1470. The van der Waals surface area contributed by atoms with E-state index in [1.165, 1.54) is 37.4 Å². The highest BCUT2D eigenvalue weighted by atomic mass is 19.3. The normalized spacial score (nSPS) is 11.0. The Hall–Kier alpha value is -4.47. The second-order valence-electron chi connectivity index (χ2n) is 7.84. The summed E-state index contributed by atoms with van der Waals surface area (Å²) in [4.78, 5) is 33.7. The van der Waals surface area contributed by atoms with Gasteiger partial charge in [0.2, 0.25) is 0 Å². The molecule has 184 valence electrons. The van der Waals surface area contributed by atoms with Gasteiger partial charge in [0.15, 0.2) is 11.6 Å². The average Bonchev–Trinajstić information content (AvgIpc) is 2.88. The Morgan fingerprint density at radius 3 is 2.36 bits per heavy atom. The zero-order valence-electron chi connectivity index (χ0n) is 19.1. The van der Waals surface area contributed by atoms with Gasteiger partial charge in [0, 0.05) is 29.8 Å². The molecule has 0 aliphatic heterocycles. The number of nitrogens with zero attached hydrogens (tertiary/aromatic N) is 3. The number of para-hydroxylation sites is 1. The Kier molecular flexibility index (Phi) is 7.14. The molecule has 4 aromatic rings. The highest BCUT2D eigenvalue weighted by Gasteiger charge is 2.21. The van der Waals surface area contributed by atoms with Crippen LogP contribution in [0.4, 0.5) is 19.0 Å². The molecule has 0 aliphatic carbocycles. The first-order valence-electron chi connectivity index (χ1n) is 10.9. The molecule has 2 N–H and O–H groups in total. The van der Waals surface area contributed by atoms with E-state index in [0.29, 0.717) is 17.7 Å². The molecule has 2 aromatic heterocycles. The highest BCUT2D eigenvalue weighted by molar-refractivity contribution is 5.99. The van der Waals surface area contributed by atoms with Gasteiger partial charge in [-0.2, -0.15) is 8.78 Å². The minimum absolute atomic E-state index is 0.0329. The number of benzene rings is 2. The summed E-state index contributed by atoms with van der Waals surface area (Å²) in [5, 5.41) is 0. The van der Waals surface area contributed by atoms with Crippen LogP contribution in [0.2, 0.25) is 0 Å². The molecule has 0 spiro atoms. The summed E-state index contributed by atoms with van der Waals surface area (Å²) in [6, 6.07) is 14.8. The van der Waals surface area contributed by atoms with Gasteiger partial charge in [0.05, 0.1) is 18.5 Å². The van der Waals surface area contributed by atoms with Crippen molar-refractivity contribution < 1.29 is 22.7 Å². The maximum Gasteiger partial charge on any atom is 0.321 e. The summed E-state index contributed by atoms with van der Waals surface area (Å²) in [7, 11) is 1.53. The number of halogens is 3. The number of hydrogen-bond acceptors (Lipinski definition) is 6. The molecule has 2 aromatic carbocycles. The van der Waals surface area contributed by atoms with Crippen molar-refractivity contribution in [2.24, 2.45) is 0 Å². The van der Waals surface area contributed by atoms with Crippen LogP contribution in [-0.2, 0) is 6.42 Å². The summed E-state index contributed by atoms with van der Waals surface area (Å²) in [5.41, 5.74) is 6.56. The number of nitrogens with two attached hydrogens (primary N) is 1. The number of alkyl halides is 2. The number of nitrogen functional groups attached to an aromatic ring is 1. The standard InChI is InChI=1S/C26H21F3N4O3/c1-36-20-5-3-2-4-15(20)8-12-19(34)24-25(30)32-22(16-6-10-18(27)11-7-16)23(31-24)17-9-13-21(35)33(14-17)26(28)29/h2-7,9-11,13-14,26H,8,12H2,1H3,(H2,30,32). The quantitative estimate of drug-likeness (QED) is 0.349. The van der Waals surface area contributed by atoms with Gasteiger partial charge >= 0.3 is 6.55 Å². The Balaban J connectivity index is 1.79. The zero-order valence-corrected chi connectivity index (χ0v) is 19.1. The average molecular weight is 494 g/mol. The smallest absolute Gasteiger partial charge is 0.321 e. The molecule has 0 fully saturated rings. The van der Waals surface area contributed by atoms with E-state index < -0.39 is 23.7 Å². The van der Waals surface area contributed by atoms with E-state index in [2.05, 4.69) is 9.97 Å². The maximum atomic E-state index is 13.5. The van der Waals surface area contributed by atoms with Gasteiger partial charge in [0.25, 0.3) is 5.56 Å². The molecule has 0 radical (unpaired) electrons. The van der Waals surface area contributed by atoms with Gasteiger partial charge < -0.3 is 10.5 Å². The summed E-state index contributed by atoms with van der Waals surface area (Å²) in [6.07, 6.45) is 1.31. The van der Waals surface area contributed by atoms with Crippen molar-refractivity contribution in [2.45, 2.75) is 19.4 Å². The first kappa shape index (κ1) is 24.6. The molecule has 0 unspecified atom stereocenters. The van der Waals surface area contributed by atoms with Gasteiger partial charge in [-0.05, 0) is 48.4 Å². The number of carbonyl (C=O) groups excluding carboxylic acids is 1. The van der Waals surface area contributed by atoms with E-state index in [0.717, 1.165) is 17.8 Å². The Morgan fingerprint density at radius 1 is 1.00 bits per heavy atom. The van der Waals surface area contributed by atoms with Gasteiger partial charge in [-0.3, -0.25) is 14.2 Å². The van der Waals surface area contributed by atoms with E-state index in [1.807, 2.05) is 18.2 Å². The fraction of sp³-hybridized carbons (Fsp3) is 0.154. The summed E-state index contributed by atoms with van der Waals surface area (Å²) in [6.45, 7) is -3.09. The number of aryl methyl sites for hydroxylation is 1. The number of carbonyl (C=O) groups is 1. The van der Waals surface area contributed by atoms with Crippen LogP contribution >= 0.6 is 0 Å². The molecule has 7 nitrogen and oxygen atoms in total. The fourth-order valence-electron chi connectivity index (χ4n) is 3.74. The molecule has 0 amide bonds. The van der Waals surface area contributed by atoms with Crippen molar-refractivity contribution in [2.75, 3.05) is 12.8 Å². The third kappa shape index (κ3) is 5.12. The molecule has 0 saturated carbocycles. The molecule has 2 heterocycles. The van der Waals surface area contributed by atoms with Crippen LogP contribution < -0.4 is 16.0 Å². The molecular formula is C26H21F3N4O3. The second kappa shape index (κ2) is 10.4. The van der Waals surface area contributed by atoms with Gasteiger partial charge in [0.1, 0.15) is 17.3 Å². The first-order valence-corrected chi connectivity index (χ1v) is 10.9. The lowest BCUT2D eigenvalue weighted by molar-refractivity contribution is 0.0665. The molecule has 10 heteroatoms. The number of rotatable bonds is 8. The lowest BCUT2D eigenvalue weighted by Gasteiger charge is -2.14. The fourth-order valence-corrected chi connectivity index (χ4v) is 3.74. The zero-order chi connectivity index (χ0) is 25.8. The lowest BCUT2D eigenvalue weighted by Crippen LogP contribution is -2.19. The van der Waals surface area contributed by atoms with Crippen molar-refractivity contribution in [3.8, 4) is 28.3 Å². The van der Waals surface area contributed by atoms with E-state index >= 15 is 0 Å². The van der Waals surface area contributed by atoms with Gasteiger partial charge in [-0.25, -0.2) is 14.4 Å². The van der Waals surface area contributed by atoms with Crippen LogP contribution in [0.15, 0.2) is 71.7 Å².